The van der Waals surface area contributed by atoms with Crippen LogP contribution in [0.4, 0.5) is 5.95 Å². The summed E-state index contributed by atoms with van der Waals surface area (Å²) < 4.78 is 0. The number of likely N-dealkylation sites (N-methyl/N-ethyl adjacent to an activating group) is 1. The van der Waals surface area contributed by atoms with Gasteiger partial charge in [0, 0.05) is 25.2 Å². The van der Waals surface area contributed by atoms with E-state index in [0.29, 0.717) is 17.1 Å². The van der Waals surface area contributed by atoms with Gasteiger partial charge in [-0.05, 0) is 13.0 Å². The van der Waals surface area contributed by atoms with Crippen molar-refractivity contribution in [3.05, 3.63) is 17.4 Å². The molecule has 0 N–H and O–H groups in total. The fraction of sp³-hybridized carbons (Fsp3) is 0.733. The number of halogens is 1. The van der Waals surface area contributed by atoms with Crippen LogP contribution in [0.3, 0.4) is 0 Å². The summed E-state index contributed by atoms with van der Waals surface area (Å²) in [5, 5.41) is 0.600. The fourth-order valence-corrected chi connectivity index (χ4v) is 2.93. The molecule has 2 fully saturated rings. The van der Waals surface area contributed by atoms with E-state index in [0.717, 1.165) is 25.6 Å². The molecule has 2 bridgehead atoms. The fourth-order valence-electron chi connectivity index (χ4n) is 2.84. The zero-order valence-electron chi connectivity index (χ0n) is 13.3. The maximum atomic E-state index is 5.79. The van der Waals surface area contributed by atoms with Gasteiger partial charge < -0.3 is 4.90 Å². The Morgan fingerprint density at radius 2 is 1.70 bits per heavy atom. The molecular formula is C15H27ClN4. The largest absolute Gasteiger partial charge is 0.335 e. The van der Waals surface area contributed by atoms with E-state index in [1.165, 1.54) is 6.42 Å². The lowest BCUT2D eigenvalue weighted by atomic mass is 10.2. The first-order chi connectivity index (χ1) is 9.78. The van der Waals surface area contributed by atoms with Crippen LogP contribution in [0.25, 0.3) is 0 Å². The first-order valence-corrected chi connectivity index (χ1v) is 8.14. The summed E-state index contributed by atoms with van der Waals surface area (Å²) in [6.07, 6.45) is 4.60. The Balaban J connectivity index is 0.000000461. The average molecular weight is 299 g/mol. The van der Waals surface area contributed by atoms with Crippen molar-refractivity contribution >= 4 is 17.5 Å². The molecule has 1 aromatic rings. The summed E-state index contributed by atoms with van der Waals surface area (Å²) >= 11 is 5.79. The molecule has 2 aliphatic rings. The molecule has 0 saturated carbocycles. The summed E-state index contributed by atoms with van der Waals surface area (Å²) in [4.78, 5) is 13.4. The number of fused-ring (bicyclic) bond motifs is 2. The van der Waals surface area contributed by atoms with Crippen molar-refractivity contribution in [1.82, 2.24) is 14.9 Å². The van der Waals surface area contributed by atoms with Gasteiger partial charge in [0.2, 0.25) is 5.95 Å². The van der Waals surface area contributed by atoms with Crippen molar-refractivity contribution in [2.24, 2.45) is 0 Å². The van der Waals surface area contributed by atoms with Gasteiger partial charge in [-0.1, -0.05) is 46.2 Å². The van der Waals surface area contributed by atoms with E-state index < -0.39 is 0 Å². The molecule has 0 amide bonds. The number of anilines is 1. The van der Waals surface area contributed by atoms with Gasteiger partial charge in [0.15, 0.2) is 0 Å². The second-order valence-electron chi connectivity index (χ2n) is 4.48. The average Bonchev–Trinajstić information content (AvgIpc) is 3.12. The second-order valence-corrected chi connectivity index (χ2v) is 4.92. The molecule has 1 aromatic heterocycles. The molecule has 3 rings (SSSR count). The molecule has 0 spiro atoms. The molecule has 5 heteroatoms. The molecule has 20 heavy (non-hydrogen) atoms. The molecule has 2 aliphatic heterocycles. The molecule has 2 atom stereocenters. The van der Waals surface area contributed by atoms with Crippen LogP contribution in [0, 0.1) is 0 Å². The van der Waals surface area contributed by atoms with E-state index in [9.17, 15) is 0 Å². The first kappa shape index (κ1) is 17.2. The number of piperazine rings is 1. The predicted octanol–water partition coefficient (Wildman–Crippen LogP) is 3.47. The molecular weight excluding hydrogens is 272 g/mol. The molecule has 0 aromatic carbocycles. The third-order valence-corrected chi connectivity index (χ3v) is 3.82. The Morgan fingerprint density at radius 1 is 1.10 bits per heavy atom. The minimum Gasteiger partial charge on any atom is -0.335 e. The molecule has 0 aliphatic carbocycles. The topological polar surface area (TPSA) is 32.3 Å². The van der Waals surface area contributed by atoms with Crippen molar-refractivity contribution in [2.75, 3.05) is 24.5 Å². The number of hydrogen-bond acceptors (Lipinski definition) is 4. The number of nitrogens with zero attached hydrogens (tertiary/aromatic N) is 4. The highest BCUT2D eigenvalue weighted by molar-refractivity contribution is 6.30. The van der Waals surface area contributed by atoms with Gasteiger partial charge in [0.05, 0.1) is 17.4 Å². The maximum absolute atomic E-state index is 5.79. The lowest BCUT2D eigenvalue weighted by Gasteiger charge is -2.33. The van der Waals surface area contributed by atoms with Crippen molar-refractivity contribution in [1.29, 1.82) is 0 Å². The molecule has 2 saturated heterocycles. The van der Waals surface area contributed by atoms with E-state index in [2.05, 4.69) is 26.7 Å². The van der Waals surface area contributed by atoms with Crippen molar-refractivity contribution in [2.45, 2.75) is 53.1 Å². The normalized spacial score (nSPS) is 23.8. The molecule has 3 heterocycles. The number of rotatable bonds is 2. The number of hydrogen-bond donors (Lipinski definition) is 0. The molecule has 0 radical (unpaired) electrons. The highest BCUT2D eigenvalue weighted by Gasteiger charge is 2.43. The lowest BCUT2D eigenvalue weighted by molar-refractivity contribution is 0.250. The summed E-state index contributed by atoms with van der Waals surface area (Å²) in [5.41, 5.74) is 0. The third kappa shape index (κ3) is 3.61. The van der Waals surface area contributed by atoms with Crippen LogP contribution < -0.4 is 4.90 Å². The predicted molar refractivity (Wildman–Crippen MR) is 86.5 cm³/mol. The minimum absolute atomic E-state index is 0.589. The Labute approximate surface area is 128 Å². The highest BCUT2D eigenvalue weighted by Crippen LogP contribution is 2.32. The Kier molecular flexibility index (Phi) is 7.24. The van der Waals surface area contributed by atoms with E-state index in [1.54, 1.807) is 12.4 Å². The van der Waals surface area contributed by atoms with Crippen LogP contribution in [0.15, 0.2) is 12.4 Å². The second kappa shape index (κ2) is 8.42. The Morgan fingerprint density at radius 3 is 2.15 bits per heavy atom. The maximum Gasteiger partial charge on any atom is 0.225 e. The van der Waals surface area contributed by atoms with Crippen LogP contribution in [-0.4, -0.2) is 46.6 Å². The lowest BCUT2D eigenvalue weighted by Crippen LogP contribution is -2.46. The van der Waals surface area contributed by atoms with Gasteiger partial charge in [-0.2, -0.15) is 0 Å². The molecule has 2 unspecified atom stereocenters. The molecule has 4 nitrogen and oxygen atoms in total. The van der Waals surface area contributed by atoms with Crippen LogP contribution >= 0.6 is 11.6 Å². The molecule has 114 valence electrons. The van der Waals surface area contributed by atoms with Crippen LogP contribution in [0.1, 0.15) is 41.0 Å². The highest BCUT2D eigenvalue weighted by atomic mass is 35.5. The quantitative estimate of drug-likeness (QED) is 0.837. The Hall–Kier alpha value is -0.870. The van der Waals surface area contributed by atoms with Crippen molar-refractivity contribution in [3.8, 4) is 0 Å². The van der Waals surface area contributed by atoms with Gasteiger partial charge in [0.25, 0.3) is 0 Å². The van der Waals surface area contributed by atoms with Crippen molar-refractivity contribution in [3.63, 3.8) is 0 Å². The van der Waals surface area contributed by atoms with Gasteiger partial charge >= 0.3 is 0 Å². The SMILES string of the molecule is CC.CC.CCN1CC2CC1CN2c1ncc(Cl)cn1. The van der Waals surface area contributed by atoms with Crippen molar-refractivity contribution < 1.29 is 0 Å². The summed E-state index contributed by atoms with van der Waals surface area (Å²) in [7, 11) is 0. The van der Waals surface area contributed by atoms with Gasteiger partial charge in [-0.15, -0.1) is 0 Å². The Bertz CT molecular complexity index is 382. The van der Waals surface area contributed by atoms with Gasteiger partial charge in [-0.25, -0.2) is 9.97 Å². The standard InChI is InChI=1S/C11H15ClN4.2C2H6/c1-2-15-6-10-3-9(15)7-16(10)11-13-4-8(12)5-14-11;2*1-2/h4-5,9-10H,2-3,6-7H2,1H3;2*1-2H3. The van der Waals surface area contributed by atoms with Crippen LogP contribution in [0.5, 0.6) is 0 Å². The smallest absolute Gasteiger partial charge is 0.225 e. The van der Waals surface area contributed by atoms with E-state index in [1.807, 2.05) is 27.7 Å². The van der Waals surface area contributed by atoms with E-state index in [4.69, 9.17) is 11.6 Å². The van der Waals surface area contributed by atoms with Crippen LogP contribution in [0.2, 0.25) is 5.02 Å². The monoisotopic (exact) mass is 298 g/mol. The summed E-state index contributed by atoms with van der Waals surface area (Å²) in [6.45, 7) is 13.6. The number of aromatic nitrogens is 2. The number of likely N-dealkylation sites (tertiary alicyclic amines) is 1. The van der Waals surface area contributed by atoms with E-state index >= 15 is 0 Å². The van der Waals surface area contributed by atoms with E-state index in [-0.39, 0.29) is 0 Å². The first-order valence-electron chi connectivity index (χ1n) is 7.76. The third-order valence-electron chi connectivity index (χ3n) is 3.62. The van der Waals surface area contributed by atoms with Gasteiger partial charge in [-0.3, -0.25) is 4.90 Å². The van der Waals surface area contributed by atoms with Crippen LogP contribution in [-0.2, 0) is 0 Å². The summed E-state index contributed by atoms with van der Waals surface area (Å²) in [6, 6.07) is 1.28. The zero-order valence-corrected chi connectivity index (χ0v) is 14.1. The summed E-state index contributed by atoms with van der Waals surface area (Å²) in [5.74, 6) is 0.827. The van der Waals surface area contributed by atoms with Gasteiger partial charge in [0.1, 0.15) is 0 Å². The minimum atomic E-state index is 0.589. The zero-order chi connectivity index (χ0) is 15.1.